The number of halogens is 3. The highest BCUT2D eigenvalue weighted by atomic mass is 35.5. The summed E-state index contributed by atoms with van der Waals surface area (Å²) in [6.45, 7) is 2.76. The quantitative estimate of drug-likeness (QED) is 0.880. The van der Waals surface area contributed by atoms with Crippen molar-refractivity contribution in [1.82, 2.24) is 9.97 Å². The number of ether oxygens (including phenoxy) is 1. The van der Waals surface area contributed by atoms with Crippen molar-refractivity contribution in [2.45, 2.75) is 13.3 Å². The number of aromatic nitrogens is 2. The van der Waals surface area contributed by atoms with Gasteiger partial charge in [0.05, 0.1) is 11.2 Å². The van der Waals surface area contributed by atoms with Gasteiger partial charge in [0.15, 0.2) is 0 Å². The molecule has 4 nitrogen and oxygen atoms in total. The van der Waals surface area contributed by atoms with Gasteiger partial charge in [0.25, 0.3) is 0 Å². The second kappa shape index (κ2) is 6.72. The van der Waals surface area contributed by atoms with Crippen LogP contribution in [0, 0.1) is 5.82 Å². The van der Waals surface area contributed by atoms with E-state index in [1.807, 2.05) is 6.92 Å². The molecule has 0 aliphatic heterocycles. The molecule has 0 saturated carbocycles. The maximum atomic E-state index is 13.3. The van der Waals surface area contributed by atoms with E-state index in [4.69, 9.17) is 27.9 Å². The fourth-order valence-corrected chi connectivity index (χ4v) is 1.64. The van der Waals surface area contributed by atoms with E-state index in [2.05, 4.69) is 15.3 Å². The van der Waals surface area contributed by atoms with Crippen molar-refractivity contribution in [2.24, 2.45) is 0 Å². The van der Waals surface area contributed by atoms with Gasteiger partial charge >= 0.3 is 0 Å². The minimum absolute atomic E-state index is 0.0245. The Balaban J connectivity index is 2.20. The van der Waals surface area contributed by atoms with Gasteiger partial charge in [0.2, 0.25) is 11.8 Å². The van der Waals surface area contributed by atoms with Crippen LogP contribution in [-0.2, 0) is 0 Å². The average Bonchev–Trinajstić information content (AvgIpc) is 2.44. The zero-order chi connectivity index (χ0) is 14.5. The van der Waals surface area contributed by atoms with Crippen LogP contribution in [0.5, 0.6) is 11.6 Å². The molecular weight excluding hydrogens is 304 g/mol. The van der Waals surface area contributed by atoms with Gasteiger partial charge in [-0.3, -0.25) is 0 Å². The SMILES string of the molecule is CCCNc1ncc(Cl)c(Oc2ccc(Cl)c(F)c2)n1. The zero-order valence-electron chi connectivity index (χ0n) is 10.7. The van der Waals surface area contributed by atoms with Gasteiger partial charge in [-0.2, -0.15) is 4.98 Å². The molecule has 2 rings (SSSR count). The number of hydrogen-bond donors (Lipinski definition) is 1. The Morgan fingerprint density at radius 1 is 1.30 bits per heavy atom. The molecule has 0 unspecified atom stereocenters. The molecular formula is C13H12Cl2FN3O. The van der Waals surface area contributed by atoms with Crippen molar-refractivity contribution in [3.63, 3.8) is 0 Å². The molecule has 0 fully saturated rings. The van der Waals surface area contributed by atoms with Crippen LogP contribution >= 0.6 is 23.2 Å². The minimum atomic E-state index is -0.571. The maximum Gasteiger partial charge on any atom is 0.243 e. The molecule has 0 atom stereocenters. The van der Waals surface area contributed by atoms with Crippen LogP contribution in [0.2, 0.25) is 10.0 Å². The summed E-state index contributed by atoms with van der Waals surface area (Å²) in [6.07, 6.45) is 2.36. The standard InChI is InChI=1S/C13H12Cl2FN3O/c1-2-5-17-13-18-7-10(15)12(19-13)20-8-3-4-9(14)11(16)6-8/h3-4,6-7H,2,5H2,1H3,(H,17,18,19). The lowest BCUT2D eigenvalue weighted by molar-refractivity contribution is 0.458. The fraction of sp³-hybridized carbons (Fsp3) is 0.231. The molecule has 0 aliphatic carbocycles. The summed E-state index contributed by atoms with van der Waals surface area (Å²) in [6, 6.07) is 4.10. The first-order chi connectivity index (χ1) is 9.60. The molecule has 7 heteroatoms. The van der Waals surface area contributed by atoms with Gasteiger partial charge in [-0.25, -0.2) is 9.37 Å². The monoisotopic (exact) mass is 315 g/mol. The average molecular weight is 316 g/mol. The molecule has 20 heavy (non-hydrogen) atoms. The van der Waals surface area contributed by atoms with Crippen molar-refractivity contribution in [2.75, 3.05) is 11.9 Å². The molecule has 1 N–H and O–H groups in total. The third kappa shape index (κ3) is 3.71. The van der Waals surface area contributed by atoms with Crippen LogP contribution in [0.3, 0.4) is 0 Å². The van der Waals surface area contributed by atoms with Gasteiger partial charge in [-0.05, 0) is 18.6 Å². The van der Waals surface area contributed by atoms with Crippen LogP contribution < -0.4 is 10.1 Å². The maximum absolute atomic E-state index is 13.3. The number of rotatable bonds is 5. The summed E-state index contributed by atoms with van der Waals surface area (Å²) in [5.74, 6) is 0.246. The predicted octanol–water partition coefficient (Wildman–Crippen LogP) is 4.54. The van der Waals surface area contributed by atoms with Gasteiger partial charge in [0.1, 0.15) is 16.6 Å². The van der Waals surface area contributed by atoms with E-state index in [9.17, 15) is 4.39 Å². The molecule has 1 aromatic heterocycles. The smallest absolute Gasteiger partial charge is 0.243 e. The van der Waals surface area contributed by atoms with Crippen molar-refractivity contribution >= 4 is 29.2 Å². The highest BCUT2D eigenvalue weighted by molar-refractivity contribution is 6.31. The van der Waals surface area contributed by atoms with Crippen molar-refractivity contribution < 1.29 is 9.13 Å². The van der Waals surface area contributed by atoms with Gasteiger partial charge in [-0.15, -0.1) is 0 Å². The second-order valence-corrected chi connectivity index (χ2v) is 4.77. The van der Waals surface area contributed by atoms with Crippen molar-refractivity contribution in [1.29, 1.82) is 0 Å². The van der Waals surface area contributed by atoms with E-state index in [1.165, 1.54) is 24.4 Å². The molecule has 0 spiro atoms. The highest BCUT2D eigenvalue weighted by Gasteiger charge is 2.09. The molecule has 0 aliphatic rings. The third-order valence-electron chi connectivity index (χ3n) is 2.35. The lowest BCUT2D eigenvalue weighted by Gasteiger charge is -2.09. The van der Waals surface area contributed by atoms with Crippen LogP contribution in [-0.4, -0.2) is 16.5 Å². The summed E-state index contributed by atoms with van der Waals surface area (Å²) >= 11 is 11.6. The molecule has 0 radical (unpaired) electrons. The Bertz CT molecular complexity index is 610. The zero-order valence-corrected chi connectivity index (χ0v) is 12.2. The van der Waals surface area contributed by atoms with Crippen LogP contribution in [0.25, 0.3) is 0 Å². The van der Waals surface area contributed by atoms with E-state index in [0.717, 1.165) is 13.0 Å². The van der Waals surface area contributed by atoms with Gasteiger partial charge in [0, 0.05) is 12.6 Å². The Morgan fingerprint density at radius 3 is 2.80 bits per heavy atom. The molecule has 2 aromatic rings. The van der Waals surface area contributed by atoms with Crippen LogP contribution in [0.4, 0.5) is 10.3 Å². The van der Waals surface area contributed by atoms with E-state index >= 15 is 0 Å². The third-order valence-corrected chi connectivity index (χ3v) is 2.92. The predicted molar refractivity (Wildman–Crippen MR) is 77.3 cm³/mol. The molecule has 1 aromatic carbocycles. The fourth-order valence-electron chi connectivity index (χ4n) is 1.40. The summed E-state index contributed by atoms with van der Waals surface area (Å²) in [5.41, 5.74) is 0. The van der Waals surface area contributed by atoms with Crippen LogP contribution in [0.15, 0.2) is 24.4 Å². The first kappa shape index (κ1) is 14.8. The largest absolute Gasteiger partial charge is 0.437 e. The number of nitrogens with one attached hydrogen (secondary N) is 1. The van der Waals surface area contributed by atoms with Gasteiger partial charge < -0.3 is 10.1 Å². The summed E-state index contributed by atoms with van der Waals surface area (Å²) in [4.78, 5) is 8.15. The molecule has 1 heterocycles. The van der Waals surface area contributed by atoms with Crippen molar-refractivity contribution in [3.05, 3.63) is 40.3 Å². The Hall–Kier alpha value is -1.59. The summed E-state index contributed by atoms with van der Waals surface area (Å²) in [5, 5.41) is 3.27. The minimum Gasteiger partial charge on any atom is -0.437 e. The first-order valence-corrected chi connectivity index (χ1v) is 6.75. The summed E-state index contributed by atoms with van der Waals surface area (Å²) < 4.78 is 18.8. The lowest BCUT2D eigenvalue weighted by atomic mass is 10.3. The number of hydrogen-bond acceptors (Lipinski definition) is 4. The Kier molecular flexibility index (Phi) is 4.98. The van der Waals surface area contributed by atoms with E-state index < -0.39 is 5.82 Å². The molecule has 0 bridgehead atoms. The number of benzene rings is 1. The molecule has 0 saturated heterocycles. The Labute approximate surface area is 125 Å². The normalized spacial score (nSPS) is 10.4. The summed E-state index contributed by atoms with van der Waals surface area (Å²) in [7, 11) is 0. The topological polar surface area (TPSA) is 47.0 Å². The Morgan fingerprint density at radius 2 is 2.10 bits per heavy atom. The van der Waals surface area contributed by atoms with E-state index in [0.29, 0.717) is 5.95 Å². The van der Waals surface area contributed by atoms with E-state index in [-0.39, 0.29) is 21.7 Å². The van der Waals surface area contributed by atoms with Crippen LogP contribution in [0.1, 0.15) is 13.3 Å². The number of nitrogens with zero attached hydrogens (tertiary/aromatic N) is 2. The first-order valence-electron chi connectivity index (χ1n) is 5.99. The lowest BCUT2D eigenvalue weighted by Crippen LogP contribution is -2.04. The second-order valence-electron chi connectivity index (χ2n) is 3.95. The van der Waals surface area contributed by atoms with Crippen molar-refractivity contribution in [3.8, 4) is 11.6 Å². The molecule has 0 amide bonds. The van der Waals surface area contributed by atoms with Gasteiger partial charge in [-0.1, -0.05) is 30.1 Å². The number of anilines is 1. The molecule has 106 valence electrons. The van der Waals surface area contributed by atoms with E-state index in [1.54, 1.807) is 0 Å². The highest BCUT2D eigenvalue weighted by Crippen LogP contribution is 2.29.